The van der Waals surface area contributed by atoms with E-state index >= 15 is 0 Å². The highest BCUT2D eigenvalue weighted by Gasteiger charge is 2.26. The van der Waals surface area contributed by atoms with E-state index in [9.17, 15) is 4.79 Å². The summed E-state index contributed by atoms with van der Waals surface area (Å²) in [5.41, 5.74) is 5.20. The summed E-state index contributed by atoms with van der Waals surface area (Å²) in [5.74, 6) is 1.51. The van der Waals surface area contributed by atoms with Crippen LogP contribution in [0.15, 0.2) is 42.5 Å². The SMILES string of the molecule is COc1ccc(-c2nc3sc4c(n3n2)CCN(C(=O)Nc2cc(C)cc(C)c2)C4)cc1. The van der Waals surface area contributed by atoms with Crippen molar-refractivity contribution in [3.63, 3.8) is 0 Å². The molecule has 0 fully saturated rings. The molecule has 5 rings (SSSR count). The number of urea groups is 1. The minimum atomic E-state index is -0.0754. The number of aromatic nitrogens is 3. The highest BCUT2D eigenvalue weighted by Crippen LogP contribution is 2.30. The second kappa shape index (κ2) is 7.70. The molecule has 0 aliphatic carbocycles. The van der Waals surface area contributed by atoms with Crippen LogP contribution in [0.2, 0.25) is 0 Å². The predicted octanol–water partition coefficient (Wildman–Crippen LogP) is 4.67. The maximum Gasteiger partial charge on any atom is 0.322 e. The maximum atomic E-state index is 12.8. The Morgan fingerprint density at radius 1 is 1.13 bits per heavy atom. The Morgan fingerprint density at radius 3 is 2.58 bits per heavy atom. The third kappa shape index (κ3) is 3.74. The van der Waals surface area contributed by atoms with Crippen LogP contribution in [0, 0.1) is 13.8 Å². The predicted molar refractivity (Wildman–Crippen MR) is 122 cm³/mol. The zero-order valence-electron chi connectivity index (χ0n) is 17.7. The fourth-order valence-corrected chi connectivity index (χ4v) is 5.09. The number of hydrogen-bond donors (Lipinski definition) is 1. The summed E-state index contributed by atoms with van der Waals surface area (Å²) in [7, 11) is 1.65. The second-order valence-electron chi connectivity index (χ2n) is 7.81. The van der Waals surface area contributed by atoms with Gasteiger partial charge in [-0.2, -0.15) is 4.98 Å². The van der Waals surface area contributed by atoms with Gasteiger partial charge in [0.25, 0.3) is 0 Å². The number of thiazole rings is 1. The molecule has 1 aliphatic rings. The largest absolute Gasteiger partial charge is 0.497 e. The number of amides is 2. The van der Waals surface area contributed by atoms with Gasteiger partial charge in [-0.3, -0.25) is 0 Å². The Hall–Kier alpha value is -3.39. The van der Waals surface area contributed by atoms with Gasteiger partial charge in [0.15, 0.2) is 5.82 Å². The third-order valence-corrected chi connectivity index (χ3v) is 6.49. The fraction of sp³-hybridized carbons (Fsp3) is 0.261. The van der Waals surface area contributed by atoms with Crippen molar-refractivity contribution in [2.24, 2.45) is 0 Å². The van der Waals surface area contributed by atoms with Gasteiger partial charge in [0.05, 0.1) is 19.3 Å². The number of ether oxygens (including phenoxy) is 1. The molecule has 0 atom stereocenters. The molecular weight excluding hydrogens is 410 g/mol. The van der Waals surface area contributed by atoms with E-state index in [0.717, 1.165) is 50.1 Å². The molecule has 2 aromatic heterocycles. The van der Waals surface area contributed by atoms with Gasteiger partial charge in [-0.15, -0.1) is 5.10 Å². The second-order valence-corrected chi connectivity index (χ2v) is 8.87. The smallest absolute Gasteiger partial charge is 0.322 e. The van der Waals surface area contributed by atoms with Crippen LogP contribution in [0.3, 0.4) is 0 Å². The van der Waals surface area contributed by atoms with Gasteiger partial charge in [0.2, 0.25) is 4.96 Å². The van der Waals surface area contributed by atoms with Crippen molar-refractivity contribution in [3.8, 4) is 17.1 Å². The number of anilines is 1. The standard InChI is InChI=1S/C23H23N5O2S/c1-14-10-15(2)12-17(11-14)24-22(29)27-9-8-19-20(13-27)31-23-25-21(26-28(19)23)16-4-6-18(30-3)7-5-16/h4-7,10-12H,8-9,13H2,1-3H3,(H,24,29). The van der Waals surface area contributed by atoms with Crippen molar-refractivity contribution in [2.45, 2.75) is 26.8 Å². The zero-order valence-corrected chi connectivity index (χ0v) is 18.5. The van der Waals surface area contributed by atoms with Crippen LogP contribution in [0.4, 0.5) is 10.5 Å². The Labute approximate surface area is 184 Å². The van der Waals surface area contributed by atoms with Crippen LogP contribution in [-0.4, -0.2) is 39.2 Å². The van der Waals surface area contributed by atoms with E-state index in [1.54, 1.807) is 18.4 Å². The fourth-order valence-electron chi connectivity index (χ4n) is 3.97. The molecule has 31 heavy (non-hydrogen) atoms. The van der Waals surface area contributed by atoms with Crippen molar-refractivity contribution < 1.29 is 9.53 Å². The van der Waals surface area contributed by atoms with Crippen LogP contribution >= 0.6 is 11.3 Å². The first-order valence-electron chi connectivity index (χ1n) is 10.2. The van der Waals surface area contributed by atoms with Crippen molar-refractivity contribution in [2.75, 3.05) is 19.0 Å². The third-order valence-electron chi connectivity index (χ3n) is 5.43. The first-order valence-corrected chi connectivity index (χ1v) is 11.0. The van der Waals surface area contributed by atoms with Gasteiger partial charge < -0.3 is 15.0 Å². The van der Waals surface area contributed by atoms with Crippen LogP contribution in [0.5, 0.6) is 5.75 Å². The number of nitrogens with zero attached hydrogens (tertiary/aromatic N) is 4. The van der Waals surface area contributed by atoms with Gasteiger partial charge in [0, 0.05) is 29.1 Å². The number of methoxy groups -OCH3 is 1. The topological polar surface area (TPSA) is 71.8 Å². The lowest BCUT2D eigenvalue weighted by atomic mass is 10.1. The summed E-state index contributed by atoms with van der Waals surface area (Å²) in [6.07, 6.45) is 0.751. The molecular formula is C23H23N5O2S. The molecule has 2 aromatic carbocycles. The van der Waals surface area contributed by atoms with Crippen LogP contribution in [0.25, 0.3) is 16.3 Å². The van der Waals surface area contributed by atoms with E-state index in [1.807, 2.05) is 59.7 Å². The quantitative estimate of drug-likeness (QED) is 0.510. The molecule has 8 heteroatoms. The van der Waals surface area contributed by atoms with Crippen LogP contribution in [-0.2, 0) is 13.0 Å². The minimum absolute atomic E-state index is 0.0754. The lowest BCUT2D eigenvalue weighted by Crippen LogP contribution is -2.38. The van der Waals surface area contributed by atoms with E-state index in [0.29, 0.717) is 18.9 Å². The molecule has 2 amide bonds. The molecule has 0 saturated carbocycles. The summed E-state index contributed by atoms with van der Waals surface area (Å²) in [5, 5.41) is 7.76. The number of rotatable bonds is 3. The van der Waals surface area contributed by atoms with Gasteiger partial charge in [-0.25, -0.2) is 9.31 Å². The van der Waals surface area contributed by atoms with E-state index in [-0.39, 0.29) is 6.03 Å². The summed E-state index contributed by atoms with van der Waals surface area (Å²) in [4.78, 5) is 21.4. The molecule has 7 nitrogen and oxygen atoms in total. The molecule has 0 unspecified atom stereocenters. The van der Waals surface area contributed by atoms with Crippen LogP contribution < -0.4 is 10.1 Å². The van der Waals surface area contributed by atoms with Crippen molar-refractivity contribution in [1.29, 1.82) is 0 Å². The minimum Gasteiger partial charge on any atom is -0.497 e. The average molecular weight is 434 g/mol. The summed E-state index contributed by atoms with van der Waals surface area (Å²) in [6.45, 7) is 5.28. The number of aryl methyl sites for hydroxylation is 2. The Morgan fingerprint density at radius 2 is 1.87 bits per heavy atom. The van der Waals surface area contributed by atoms with E-state index < -0.39 is 0 Å². The van der Waals surface area contributed by atoms with Gasteiger partial charge in [-0.1, -0.05) is 17.4 Å². The maximum absolute atomic E-state index is 12.8. The van der Waals surface area contributed by atoms with Crippen molar-refractivity contribution in [3.05, 3.63) is 64.2 Å². The number of carbonyl (C=O) groups excluding carboxylic acids is 1. The summed E-state index contributed by atoms with van der Waals surface area (Å²) >= 11 is 1.60. The Kier molecular flexibility index (Phi) is 4.86. The van der Waals surface area contributed by atoms with E-state index in [4.69, 9.17) is 14.8 Å². The molecule has 3 heterocycles. The molecule has 0 spiro atoms. The molecule has 1 N–H and O–H groups in total. The number of hydrogen-bond acceptors (Lipinski definition) is 5. The number of fused-ring (bicyclic) bond motifs is 3. The van der Waals surface area contributed by atoms with Gasteiger partial charge in [0.1, 0.15) is 5.75 Å². The Bertz CT molecular complexity index is 1260. The van der Waals surface area contributed by atoms with Crippen molar-refractivity contribution >= 4 is 28.0 Å². The molecule has 1 aliphatic heterocycles. The summed E-state index contributed by atoms with van der Waals surface area (Å²) in [6, 6.07) is 13.7. The number of benzene rings is 2. The highest BCUT2D eigenvalue weighted by atomic mass is 32.1. The molecule has 0 radical (unpaired) electrons. The lowest BCUT2D eigenvalue weighted by molar-refractivity contribution is 0.206. The highest BCUT2D eigenvalue weighted by molar-refractivity contribution is 7.17. The average Bonchev–Trinajstić information content (AvgIpc) is 3.30. The lowest BCUT2D eigenvalue weighted by Gasteiger charge is -2.26. The van der Waals surface area contributed by atoms with E-state index in [1.165, 1.54) is 0 Å². The normalized spacial score (nSPS) is 13.3. The first kappa shape index (κ1) is 19.6. The first-order chi connectivity index (χ1) is 15.0. The molecule has 158 valence electrons. The molecule has 4 aromatic rings. The van der Waals surface area contributed by atoms with Gasteiger partial charge in [-0.05, 0) is 61.4 Å². The number of carbonyl (C=O) groups is 1. The molecule has 0 saturated heterocycles. The monoisotopic (exact) mass is 433 g/mol. The van der Waals surface area contributed by atoms with Crippen molar-refractivity contribution in [1.82, 2.24) is 19.5 Å². The Balaban J connectivity index is 1.34. The van der Waals surface area contributed by atoms with E-state index in [2.05, 4.69) is 11.4 Å². The zero-order chi connectivity index (χ0) is 21.5. The van der Waals surface area contributed by atoms with Gasteiger partial charge >= 0.3 is 6.03 Å². The number of nitrogens with one attached hydrogen (secondary N) is 1. The molecule has 0 bridgehead atoms. The summed E-state index contributed by atoms with van der Waals surface area (Å²) < 4.78 is 7.15. The van der Waals surface area contributed by atoms with Crippen LogP contribution in [0.1, 0.15) is 21.7 Å².